The summed E-state index contributed by atoms with van der Waals surface area (Å²) < 4.78 is 0. The second kappa shape index (κ2) is 4.87. The lowest BCUT2D eigenvalue weighted by molar-refractivity contribution is 0.394. The second-order valence-electron chi connectivity index (χ2n) is 4.24. The molecule has 0 spiro atoms. The lowest BCUT2D eigenvalue weighted by atomic mass is 9.94. The molecule has 0 aromatic carbocycles. The van der Waals surface area contributed by atoms with E-state index in [-0.39, 0.29) is 5.95 Å². The molecule has 1 aliphatic rings. The Morgan fingerprint density at radius 3 is 2.81 bits per heavy atom. The summed E-state index contributed by atoms with van der Waals surface area (Å²) in [5.41, 5.74) is 5.58. The third-order valence-corrected chi connectivity index (χ3v) is 3.50. The van der Waals surface area contributed by atoms with E-state index in [9.17, 15) is 0 Å². The highest BCUT2D eigenvalue weighted by atomic mass is 35.5. The van der Waals surface area contributed by atoms with Gasteiger partial charge in [0.05, 0.1) is 6.20 Å². The third kappa shape index (κ3) is 2.38. The lowest BCUT2D eigenvalue weighted by Crippen LogP contribution is -2.34. The van der Waals surface area contributed by atoms with Crippen LogP contribution >= 0.6 is 11.6 Å². The van der Waals surface area contributed by atoms with E-state index in [4.69, 9.17) is 17.3 Å². The van der Waals surface area contributed by atoms with Gasteiger partial charge >= 0.3 is 0 Å². The molecule has 0 aliphatic carbocycles. The van der Waals surface area contributed by atoms with E-state index in [0.717, 1.165) is 24.8 Å². The van der Waals surface area contributed by atoms with Crippen LogP contribution in [0.25, 0.3) is 0 Å². The minimum Gasteiger partial charge on any atom is -0.368 e. The molecule has 1 saturated heterocycles. The summed E-state index contributed by atoms with van der Waals surface area (Å²) in [5, 5.41) is 0.587. The van der Waals surface area contributed by atoms with Crippen molar-refractivity contribution in [2.24, 2.45) is 5.92 Å². The van der Waals surface area contributed by atoms with Crippen molar-refractivity contribution in [2.45, 2.75) is 26.2 Å². The Hall–Kier alpha value is -1.03. The SMILES string of the molecule is CCC1CCN(c2nc(N)ncc2Cl)CC1. The first-order valence-electron chi connectivity index (χ1n) is 5.73. The number of nitrogens with two attached hydrogens (primary N) is 1. The predicted molar refractivity (Wildman–Crippen MR) is 66.7 cm³/mol. The van der Waals surface area contributed by atoms with Crippen LogP contribution in [0.4, 0.5) is 11.8 Å². The van der Waals surface area contributed by atoms with Crippen LogP contribution in [-0.2, 0) is 0 Å². The Balaban J connectivity index is 2.10. The Labute approximate surface area is 101 Å². The molecule has 1 fully saturated rings. The molecule has 0 amide bonds. The first kappa shape index (κ1) is 11.5. The van der Waals surface area contributed by atoms with E-state index in [0.29, 0.717) is 5.02 Å². The van der Waals surface area contributed by atoms with E-state index in [1.807, 2.05) is 0 Å². The summed E-state index contributed by atoms with van der Waals surface area (Å²) in [6, 6.07) is 0. The second-order valence-corrected chi connectivity index (χ2v) is 4.65. The number of nitrogens with zero attached hydrogens (tertiary/aromatic N) is 3. The van der Waals surface area contributed by atoms with Crippen molar-refractivity contribution >= 4 is 23.4 Å². The highest BCUT2D eigenvalue weighted by Gasteiger charge is 2.20. The minimum absolute atomic E-state index is 0.289. The Kier molecular flexibility index (Phi) is 3.49. The zero-order valence-electron chi connectivity index (χ0n) is 9.49. The van der Waals surface area contributed by atoms with Gasteiger partial charge in [0.1, 0.15) is 5.02 Å². The Morgan fingerprint density at radius 1 is 1.50 bits per heavy atom. The zero-order chi connectivity index (χ0) is 11.5. The number of aromatic nitrogens is 2. The summed E-state index contributed by atoms with van der Waals surface area (Å²) >= 11 is 6.08. The fraction of sp³-hybridized carbons (Fsp3) is 0.636. The van der Waals surface area contributed by atoms with Gasteiger partial charge in [0.25, 0.3) is 0 Å². The van der Waals surface area contributed by atoms with Gasteiger partial charge in [-0.3, -0.25) is 0 Å². The summed E-state index contributed by atoms with van der Waals surface area (Å²) in [6.45, 7) is 4.26. The number of nitrogen functional groups attached to an aromatic ring is 1. The smallest absolute Gasteiger partial charge is 0.222 e. The molecule has 1 aromatic rings. The fourth-order valence-electron chi connectivity index (χ4n) is 2.15. The third-order valence-electron chi connectivity index (χ3n) is 3.24. The molecule has 16 heavy (non-hydrogen) atoms. The van der Waals surface area contributed by atoms with E-state index >= 15 is 0 Å². The Morgan fingerprint density at radius 2 is 2.19 bits per heavy atom. The molecule has 1 aliphatic heterocycles. The number of anilines is 2. The number of hydrogen-bond donors (Lipinski definition) is 1. The predicted octanol–water partition coefficient (Wildman–Crippen LogP) is 2.34. The quantitative estimate of drug-likeness (QED) is 0.862. The number of rotatable bonds is 2. The average Bonchev–Trinajstić information content (AvgIpc) is 2.32. The maximum atomic E-state index is 6.08. The molecule has 0 saturated carbocycles. The van der Waals surface area contributed by atoms with E-state index in [1.54, 1.807) is 6.20 Å². The molecule has 2 rings (SSSR count). The van der Waals surface area contributed by atoms with Crippen LogP contribution in [0.15, 0.2) is 6.20 Å². The van der Waals surface area contributed by atoms with Crippen LogP contribution in [0.2, 0.25) is 5.02 Å². The first-order valence-corrected chi connectivity index (χ1v) is 6.11. The summed E-state index contributed by atoms with van der Waals surface area (Å²) in [5.74, 6) is 1.91. The molecule has 2 N–H and O–H groups in total. The van der Waals surface area contributed by atoms with Gasteiger partial charge in [-0.25, -0.2) is 4.98 Å². The minimum atomic E-state index is 0.289. The van der Waals surface area contributed by atoms with Gasteiger partial charge in [0.15, 0.2) is 5.82 Å². The van der Waals surface area contributed by atoms with Crippen LogP contribution in [-0.4, -0.2) is 23.1 Å². The monoisotopic (exact) mass is 240 g/mol. The topological polar surface area (TPSA) is 55.0 Å². The maximum Gasteiger partial charge on any atom is 0.222 e. The van der Waals surface area contributed by atoms with Gasteiger partial charge in [-0.05, 0) is 18.8 Å². The Bertz CT molecular complexity index is 361. The van der Waals surface area contributed by atoms with Crippen molar-refractivity contribution in [2.75, 3.05) is 23.7 Å². The highest BCUT2D eigenvalue weighted by Crippen LogP contribution is 2.28. The highest BCUT2D eigenvalue weighted by molar-refractivity contribution is 6.32. The fourth-order valence-corrected chi connectivity index (χ4v) is 2.36. The van der Waals surface area contributed by atoms with E-state index < -0.39 is 0 Å². The van der Waals surface area contributed by atoms with E-state index in [1.165, 1.54) is 19.3 Å². The van der Waals surface area contributed by atoms with Gasteiger partial charge in [0, 0.05) is 13.1 Å². The molecule has 88 valence electrons. The number of hydrogen-bond acceptors (Lipinski definition) is 4. The van der Waals surface area contributed by atoms with Crippen molar-refractivity contribution in [1.82, 2.24) is 9.97 Å². The van der Waals surface area contributed by atoms with Crippen molar-refractivity contribution in [1.29, 1.82) is 0 Å². The van der Waals surface area contributed by atoms with Crippen LogP contribution in [0.3, 0.4) is 0 Å². The van der Waals surface area contributed by atoms with Gasteiger partial charge in [-0.2, -0.15) is 4.98 Å². The lowest BCUT2D eigenvalue weighted by Gasteiger charge is -2.32. The molecule has 0 atom stereocenters. The van der Waals surface area contributed by atoms with Gasteiger partial charge in [-0.1, -0.05) is 24.9 Å². The van der Waals surface area contributed by atoms with E-state index in [2.05, 4.69) is 21.8 Å². The molecule has 5 heteroatoms. The molecule has 0 radical (unpaired) electrons. The molecule has 0 bridgehead atoms. The van der Waals surface area contributed by atoms with Crippen molar-refractivity contribution in [3.05, 3.63) is 11.2 Å². The summed E-state index contributed by atoms with van der Waals surface area (Å²) in [6.07, 6.45) is 5.24. The van der Waals surface area contributed by atoms with Gasteiger partial charge in [-0.15, -0.1) is 0 Å². The number of halogens is 1. The normalized spacial score (nSPS) is 17.8. The molecule has 1 aromatic heterocycles. The van der Waals surface area contributed by atoms with Crippen molar-refractivity contribution in [3.63, 3.8) is 0 Å². The van der Waals surface area contributed by atoms with Crippen LogP contribution in [0.5, 0.6) is 0 Å². The molecular weight excluding hydrogens is 224 g/mol. The number of piperidine rings is 1. The zero-order valence-corrected chi connectivity index (χ0v) is 10.2. The van der Waals surface area contributed by atoms with Crippen LogP contribution in [0.1, 0.15) is 26.2 Å². The first-order chi connectivity index (χ1) is 7.70. The largest absolute Gasteiger partial charge is 0.368 e. The van der Waals surface area contributed by atoms with Crippen LogP contribution in [0, 0.1) is 5.92 Å². The molecular formula is C11H17ClN4. The summed E-state index contributed by atoms with van der Waals surface area (Å²) in [4.78, 5) is 10.3. The average molecular weight is 241 g/mol. The molecule has 2 heterocycles. The molecule has 0 unspecified atom stereocenters. The van der Waals surface area contributed by atoms with Gasteiger partial charge in [0.2, 0.25) is 5.95 Å². The molecule has 4 nitrogen and oxygen atoms in total. The van der Waals surface area contributed by atoms with Crippen LogP contribution < -0.4 is 10.6 Å². The van der Waals surface area contributed by atoms with Crippen molar-refractivity contribution < 1.29 is 0 Å². The summed E-state index contributed by atoms with van der Waals surface area (Å²) in [7, 11) is 0. The van der Waals surface area contributed by atoms with Crippen molar-refractivity contribution in [3.8, 4) is 0 Å². The van der Waals surface area contributed by atoms with Gasteiger partial charge < -0.3 is 10.6 Å². The standard InChI is InChI=1S/C11H17ClN4/c1-2-8-3-5-16(6-4-8)10-9(12)7-14-11(13)15-10/h7-8H,2-6H2,1H3,(H2,13,14,15). The maximum absolute atomic E-state index is 6.08.